The molecule has 2 atom stereocenters. The summed E-state index contributed by atoms with van der Waals surface area (Å²) in [5.74, 6) is -0.0528. The fraction of sp³-hybridized carbons (Fsp3) is 0.964. The molecule has 0 saturated heterocycles. The van der Waals surface area contributed by atoms with Gasteiger partial charge in [0.15, 0.2) is 0 Å². The summed E-state index contributed by atoms with van der Waals surface area (Å²) in [6.45, 7) is 4.94. The van der Waals surface area contributed by atoms with Crippen molar-refractivity contribution in [1.29, 1.82) is 0 Å². The lowest BCUT2D eigenvalue weighted by Gasteiger charge is -2.22. The maximum atomic E-state index is 12.5. The van der Waals surface area contributed by atoms with Gasteiger partial charge in [0.05, 0.1) is 25.4 Å². The highest BCUT2D eigenvalue weighted by molar-refractivity contribution is 5.76. The minimum absolute atomic E-state index is 0.00585. The lowest BCUT2D eigenvalue weighted by molar-refractivity contribution is -0.143. The second-order valence-corrected chi connectivity index (χ2v) is 19.3. The highest BCUT2D eigenvalue weighted by Gasteiger charge is 2.20. The smallest absolute Gasteiger partial charge is 0.305 e. The summed E-state index contributed by atoms with van der Waals surface area (Å²) in [5, 5.41) is 23.3. The Bertz CT molecular complexity index is 867. The van der Waals surface area contributed by atoms with Crippen LogP contribution in [0.25, 0.3) is 0 Å². The van der Waals surface area contributed by atoms with E-state index in [1.54, 1.807) is 0 Å². The Morgan fingerprint density at radius 2 is 0.672 bits per heavy atom. The van der Waals surface area contributed by atoms with E-state index in [0.717, 1.165) is 57.8 Å². The third-order valence-corrected chi connectivity index (χ3v) is 13.2. The van der Waals surface area contributed by atoms with Crippen LogP contribution in [0.1, 0.15) is 316 Å². The minimum atomic E-state index is -0.673. The highest BCUT2D eigenvalue weighted by atomic mass is 16.5. The number of nitrogens with one attached hydrogen (secondary N) is 1. The number of rotatable bonds is 52. The fourth-order valence-corrected chi connectivity index (χ4v) is 8.88. The number of carbonyl (C=O) groups is 2. The third-order valence-electron chi connectivity index (χ3n) is 13.2. The molecular weight excluding hydrogens is 755 g/mol. The molecule has 0 fully saturated rings. The number of carbonyl (C=O) groups excluding carboxylic acids is 2. The van der Waals surface area contributed by atoms with Gasteiger partial charge in [-0.15, -0.1) is 0 Å². The number of unbranched alkanes of at least 4 members (excludes halogenated alkanes) is 41. The zero-order valence-corrected chi connectivity index (χ0v) is 41.4. The summed E-state index contributed by atoms with van der Waals surface area (Å²) in [5.41, 5.74) is 0. The van der Waals surface area contributed by atoms with Crippen molar-refractivity contribution >= 4 is 11.9 Å². The monoisotopic (exact) mass is 864 g/mol. The number of ether oxygens (including phenoxy) is 1. The van der Waals surface area contributed by atoms with Crippen LogP contribution in [-0.4, -0.2) is 47.4 Å². The number of hydrogen-bond donors (Lipinski definition) is 3. The lowest BCUT2D eigenvalue weighted by atomic mass is 10.0. The molecule has 6 nitrogen and oxygen atoms in total. The SMILES string of the molecule is CCCCCCCCCCCCCCCCCCCCC(O)C(CO)NC(=O)CCCCCCCCCCCCCCOC(=O)CCCCCCCCCCCCCCCC. The van der Waals surface area contributed by atoms with Crippen molar-refractivity contribution in [2.24, 2.45) is 0 Å². The summed E-state index contributed by atoms with van der Waals surface area (Å²) in [4.78, 5) is 24.5. The van der Waals surface area contributed by atoms with Gasteiger partial charge in [-0.3, -0.25) is 9.59 Å². The normalized spacial score (nSPS) is 12.5. The number of aliphatic hydroxyl groups is 2. The molecule has 0 aliphatic carbocycles. The lowest BCUT2D eigenvalue weighted by Crippen LogP contribution is -2.45. The Morgan fingerprint density at radius 1 is 0.393 bits per heavy atom. The largest absolute Gasteiger partial charge is 0.466 e. The highest BCUT2D eigenvalue weighted by Crippen LogP contribution is 2.18. The zero-order valence-electron chi connectivity index (χ0n) is 41.4. The van der Waals surface area contributed by atoms with Crippen molar-refractivity contribution in [3.8, 4) is 0 Å². The summed E-state index contributed by atoms with van der Waals surface area (Å²) in [7, 11) is 0. The van der Waals surface area contributed by atoms with Gasteiger partial charge in [0.25, 0.3) is 0 Å². The van der Waals surface area contributed by atoms with Crippen LogP contribution >= 0.6 is 0 Å². The molecule has 0 rings (SSSR count). The van der Waals surface area contributed by atoms with E-state index in [1.165, 1.54) is 225 Å². The van der Waals surface area contributed by atoms with Gasteiger partial charge in [0.2, 0.25) is 5.91 Å². The van der Waals surface area contributed by atoms with Gasteiger partial charge >= 0.3 is 5.97 Å². The van der Waals surface area contributed by atoms with Crippen LogP contribution < -0.4 is 5.32 Å². The molecule has 0 saturated carbocycles. The van der Waals surface area contributed by atoms with Gasteiger partial charge in [-0.1, -0.05) is 277 Å². The van der Waals surface area contributed by atoms with Crippen molar-refractivity contribution in [2.75, 3.05) is 13.2 Å². The van der Waals surface area contributed by atoms with E-state index in [-0.39, 0.29) is 18.5 Å². The van der Waals surface area contributed by atoms with Crippen LogP contribution in [0.5, 0.6) is 0 Å². The molecular formula is C55H109NO5. The Kier molecular flexibility index (Phi) is 50.5. The Labute approximate surface area is 381 Å². The van der Waals surface area contributed by atoms with Gasteiger partial charge in [-0.05, 0) is 25.7 Å². The third kappa shape index (κ3) is 48.2. The zero-order chi connectivity index (χ0) is 44.4. The van der Waals surface area contributed by atoms with Crippen molar-refractivity contribution in [1.82, 2.24) is 5.32 Å². The van der Waals surface area contributed by atoms with Crippen molar-refractivity contribution in [2.45, 2.75) is 328 Å². The average Bonchev–Trinajstić information content (AvgIpc) is 3.26. The number of amides is 1. The maximum absolute atomic E-state index is 12.5. The molecule has 0 bridgehead atoms. The molecule has 0 heterocycles. The topological polar surface area (TPSA) is 95.9 Å². The van der Waals surface area contributed by atoms with E-state index >= 15 is 0 Å². The van der Waals surface area contributed by atoms with E-state index in [2.05, 4.69) is 19.2 Å². The first-order valence-electron chi connectivity index (χ1n) is 27.8. The van der Waals surface area contributed by atoms with Gasteiger partial charge in [0.1, 0.15) is 0 Å². The van der Waals surface area contributed by atoms with E-state index in [9.17, 15) is 19.8 Å². The van der Waals surface area contributed by atoms with E-state index in [4.69, 9.17) is 4.74 Å². The Balaban J connectivity index is 3.44. The Morgan fingerprint density at radius 3 is 1.00 bits per heavy atom. The first kappa shape index (κ1) is 59.9. The summed E-state index contributed by atoms with van der Waals surface area (Å²) in [6, 6.07) is -0.552. The maximum Gasteiger partial charge on any atom is 0.305 e. The molecule has 61 heavy (non-hydrogen) atoms. The van der Waals surface area contributed by atoms with Crippen molar-refractivity contribution < 1.29 is 24.5 Å². The number of aliphatic hydroxyl groups excluding tert-OH is 2. The van der Waals surface area contributed by atoms with Gasteiger partial charge in [-0.25, -0.2) is 0 Å². The molecule has 0 spiro atoms. The van der Waals surface area contributed by atoms with E-state index in [1.807, 2.05) is 0 Å². The number of hydrogen-bond acceptors (Lipinski definition) is 5. The predicted octanol–water partition coefficient (Wildman–Crippen LogP) is 16.7. The molecule has 0 aromatic rings. The molecule has 364 valence electrons. The molecule has 0 aliphatic heterocycles. The molecule has 2 unspecified atom stereocenters. The first-order chi connectivity index (χ1) is 30.0. The average molecular weight is 864 g/mol. The molecule has 1 amide bonds. The molecule has 0 aliphatic rings. The minimum Gasteiger partial charge on any atom is -0.466 e. The number of esters is 1. The second kappa shape index (κ2) is 51.5. The van der Waals surface area contributed by atoms with Crippen molar-refractivity contribution in [3.05, 3.63) is 0 Å². The Hall–Kier alpha value is -1.14. The van der Waals surface area contributed by atoms with Gasteiger partial charge in [-0.2, -0.15) is 0 Å². The van der Waals surface area contributed by atoms with Gasteiger partial charge < -0.3 is 20.3 Å². The molecule has 0 aromatic heterocycles. The predicted molar refractivity (Wildman–Crippen MR) is 264 cm³/mol. The van der Waals surface area contributed by atoms with Gasteiger partial charge in [0, 0.05) is 12.8 Å². The summed E-state index contributed by atoms with van der Waals surface area (Å²) < 4.78 is 5.47. The van der Waals surface area contributed by atoms with Crippen molar-refractivity contribution in [3.63, 3.8) is 0 Å². The second-order valence-electron chi connectivity index (χ2n) is 19.3. The van der Waals surface area contributed by atoms with Crippen LogP contribution in [0, 0.1) is 0 Å². The van der Waals surface area contributed by atoms with Crippen LogP contribution in [0.4, 0.5) is 0 Å². The molecule has 0 radical (unpaired) electrons. The first-order valence-corrected chi connectivity index (χ1v) is 27.8. The van der Waals surface area contributed by atoms with Crippen LogP contribution in [0.15, 0.2) is 0 Å². The summed E-state index contributed by atoms with van der Waals surface area (Å²) >= 11 is 0. The van der Waals surface area contributed by atoms with E-state index in [0.29, 0.717) is 25.9 Å². The van der Waals surface area contributed by atoms with E-state index < -0.39 is 12.1 Å². The van der Waals surface area contributed by atoms with Crippen LogP contribution in [-0.2, 0) is 14.3 Å². The molecule has 6 heteroatoms. The molecule has 0 aromatic carbocycles. The van der Waals surface area contributed by atoms with Crippen LogP contribution in [0.2, 0.25) is 0 Å². The summed E-state index contributed by atoms with van der Waals surface area (Å²) in [6.07, 6.45) is 57.9. The standard InChI is InChI=1S/C55H109NO5/c1-3-5-7-9-11-13-15-17-19-20-21-22-23-27-31-35-39-43-47-53(58)52(51-57)56-54(59)48-44-40-36-32-28-25-26-30-34-38-42-46-50-61-55(60)49-45-41-37-33-29-24-18-16-14-12-10-8-6-4-2/h52-53,57-58H,3-51H2,1-2H3,(H,56,59). The van der Waals surface area contributed by atoms with Crippen LogP contribution in [0.3, 0.4) is 0 Å². The molecule has 3 N–H and O–H groups in total. The fourth-order valence-electron chi connectivity index (χ4n) is 8.88. The quantitative estimate of drug-likeness (QED) is 0.0418.